The van der Waals surface area contributed by atoms with Gasteiger partial charge >= 0.3 is 0 Å². The Labute approximate surface area is 92.9 Å². The number of carbonyl (C=O) groups excluding carboxylic acids is 1. The van der Waals surface area contributed by atoms with E-state index < -0.39 is 0 Å². The Balaban J connectivity index is 2.29. The van der Waals surface area contributed by atoms with Crippen molar-refractivity contribution in [1.82, 2.24) is 0 Å². The highest BCUT2D eigenvalue weighted by Gasteiger charge is 2.45. The second-order valence-electron chi connectivity index (χ2n) is 6.15. The summed E-state index contributed by atoms with van der Waals surface area (Å²) in [6.45, 7) is 8.64. The normalized spacial score (nSPS) is 39.6. The third kappa shape index (κ3) is 1.77. The minimum Gasteiger partial charge on any atom is -0.299 e. The molecule has 2 rings (SSSR count). The highest BCUT2D eigenvalue weighted by molar-refractivity contribution is 5.88. The lowest BCUT2D eigenvalue weighted by atomic mass is 9.59. The molecule has 1 heteroatoms. The standard InChI is InChI=1S/C14H22O/c1-9-7-10(2)12-11(8-9)5-6-14(3,4)13(12)15/h7,10-12H,5-6,8H2,1-4H3. The predicted octanol–water partition coefficient (Wildman–Crippen LogP) is 3.59. The number of Topliss-reactive ketones (excluding diaryl/α,β-unsaturated/α-hetero) is 1. The number of hydrogen-bond acceptors (Lipinski definition) is 1. The number of carbonyl (C=O) groups is 1. The largest absolute Gasteiger partial charge is 0.299 e. The molecule has 0 radical (unpaired) electrons. The summed E-state index contributed by atoms with van der Waals surface area (Å²) in [6, 6.07) is 0. The smallest absolute Gasteiger partial charge is 0.142 e. The molecular formula is C14H22O. The molecule has 0 bridgehead atoms. The average Bonchev–Trinajstić information content (AvgIpc) is 2.11. The minimum absolute atomic E-state index is 0.0749. The molecule has 1 fully saturated rings. The summed E-state index contributed by atoms with van der Waals surface area (Å²) in [4.78, 5) is 12.4. The van der Waals surface area contributed by atoms with Gasteiger partial charge in [0.2, 0.25) is 0 Å². The Bertz CT molecular complexity index is 311. The molecule has 0 N–H and O–H groups in total. The van der Waals surface area contributed by atoms with Gasteiger partial charge in [-0.2, -0.15) is 0 Å². The highest BCUT2D eigenvalue weighted by atomic mass is 16.1. The summed E-state index contributed by atoms with van der Waals surface area (Å²) >= 11 is 0. The predicted molar refractivity (Wildman–Crippen MR) is 62.5 cm³/mol. The van der Waals surface area contributed by atoms with Gasteiger partial charge in [-0.25, -0.2) is 0 Å². The number of hydrogen-bond donors (Lipinski definition) is 0. The first-order chi connectivity index (χ1) is 6.92. The molecule has 0 aliphatic heterocycles. The van der Waals surface area contributed by atoms with E-state index in [4.69, 9.17) is 0 Å². The van der Waals surface area contributed by atoms with Gasteiger partial charge in [0.25, 0.3) is 0 Å². The maximum Gasteiger partial charge on any atom is 0.142 e. The van der Waals surface area contributed by atoms with Crippen LogP contribution in [0.25, 0.3) is 0 Å². The van der Waals surface area contributed by atoms with Gasteiger partial charge in [-0.1, -0.05) is 32.4 Å². The van der Waals surface area contributed by atoms with Crippen molar-refractivity contribution < 1.29 is 4.79 Å². The molecule has 84 valence electrons. The number of allylic oxidation sites excluding steroid dienone is 2. The molecule has 1 nitrogen and oxygen atoms in total. The zero-order valence-corrected chi connectivity index (χ0v) is 10.3. The van der Waals surface area contributed by atoms with Crippen molar-refractivity contribution in [1.29, 1.82) is 0 Å². The summed E-state index contributed by atoms with van der Waals surface area (Å²) in [6.07, 6.45) is 5.77. The zero-order valence-electron chi connectivity index (χ0n) is 10.3. The van der Waals surface area contributed by atoms with Gasteiger partial charge in [0.05, 0.1) is 0 Å². The summed E-state index contributed by atoms with van der Waals surface area (Å²) in [5, 5.41) is 0. The minimum atomic E-state index is -0.0749. The maximum absolute atomic E-state index is 12.4. The van der Waals surface area contributed by atoms with Crippen LogP contribution in [0.2, 0.25) is 0 Å². The monoisotopic (exact) mass is 206 g/mol. The lowest BCUT2D eigenvalue weighted by molar-refractivity contribution is -0.138. The summed E-state index contributed by atoms with van der Waals surface area (Å²) in [5.74, 6) is 1.90. The van der Waals surface area contributed by atoms with Crippen LogP contribution in [-0.2, 0) is 4.79 Å². The van der Waals surface area contributed by atoms with Crippen LogP contribution in [0.3, 0.4) is 0 Å². The first-order valence-electron chi connectivity index (χ1n) is 6.13. The first-order valence-corrected chi connectivity index (χ1v) is 6.13. The molecule has 0 amide bonds. The quantitative estimate of drug-likeness (QED) is 0.553. The fourth-order valence-corrected chi connectivity index (χ4v) is 3.45. The van der Waals surface area contributed by atoms with Crippen molar-refractivity contribution in [2.24, 2.45) is 23.2 Å². The van der Waals surface area contributed by atoms with Crippen LogP contribution in [0.4, 0.5) is 0 Å². The van der Waals surface area contributed by atoms with E-state index in [0.717, 1.165) is 12.8 Å². The van der Waals surface area contributed by atoms with Crippen molar-refractivity contribution in [2.75, 3.05) is 0 Å². The van der Waals surface area contributed by atoms with Crippen LogP contribution in [0.1, 0.15) is 47.0 Å². The average molecular weight is 206 g/mol. The maximum atomic E-state index is 12.4. The number of fused-ring (bicyclic) bond motifs is 1. The second-order valence-corrected chi connectivity index (χ2v) is 6.15. The van der Waals surface area contributed by atoms with Crippen LogP contribution in [-0.4, -0.2) is 5.78 Å². The van der Waals surface area contributed by atoms with Crippen molar-refractivity contribution >= 4 is 5.78 Å². The molecule has 15 heavy (non-hydrogen) atoms. The third-order valence-corrected chi connectivity index (χ3v) is 4.32. The van der Waals surface area contributed by atoms with Gasteiger partial charge in [-0.3, -0.25) is 4.79 Å². The molecular weight excluding hydrogens is 184 g/mol. The van der Waals surface area contributed by atoms with Gasteiger partial charge in [0.1, 0.15) is 5.78 Å². The molecule has 2 aliphatic rings. The van der Waals surface area contributed by atoms with Crippen molar-refractivity contribution in [3.05, 3.63) is 11.6 Å². The molecule has 0 aromatic carbocycles. The van der Waals surface area contributed by atoms with Gasteiger partial charge in [-0.05, 0) is 38.0 Å². The van der Waals surface area contributed by atoms with Crippen LogP contribution in [0.5, 0.6) is 0 Å². The SMILES string of the molecule is CC1=CC(C)C2C(=O)C(C)(C)CCC2C1. The number of rotatable bonds is 0. The van der Waals surface area contributed by atoms with E-state index in [1.807, 2.05) is 0 Å². The Hall–Kier alpha value is -0.590. The highest BCUT2D eigenvalue weighted by Crippen LogP contribution is 2.47. The molecule has 0 aromatic heterocycles. The Kier molecular flexibility index (Phi) is 2.52. The van der Waals surface area contributed by atoms with Crippen molar-refractivity contribution in [3.8, 4) is 0 Å². The van der Waals surface area contributed by atoms with Crippen LogP contribution in [0.15, 0.2) is 11.6 Å². The third-order valence-electron chi connectivity index (χ3n) is 4.32. The van der Waals surface area contributed by atoms with Gasteiger partial charge in [0.15, 0.2) is 0 Å². The van der Waals surface area contributed by atoms with Gasteiger partial charge in [0, 0.05) is 11.3 Å². The van der Waals surface area contributed by atoms with Gasteiger partial charge in [-0.15, -0.1) is 0 Å². The van der Waals surface area contributed by atoms with E-state index in [0.29, 0.717) is 23.5 Å². The van der Waals surface area contributed by atoms with E-state index in [1.54, 1.807) is 0 Å². The lowest BCUT2D eigenvalue weighted by Gasteiger charge is -2.44. The molecule has 2 aliphatic carbocycles. The van der Waals surface area contributed by atoms with Crippen molar-refractivity contribution in [3.63, 3.8) is 0 Å². The molecule has 0 spiro atoms. The topological polar surface area (TPSA) is 17.1 Å². The van der Waals surface area contributed by atoms with Gasteiger partial charge < -0.3 is 0 Å². The summed E-state index contributed by atoms with van der Waals surface area (Å²) in [7, 11) is 0. The van der Waals surface area contributed by atoms with E-state index in [1.165, 1.54) is 12.0 Å². The Morgan fingerprint density at radius 3 is 2.73 bits per heavy atom. The molecule has 0 heterocycles. The molecule has 0 aromatic rings. The first kappa shape index (κ1) is 10.9. The lowest BCUT2D eigenvalue weighted by Crippen LogP contribution is -2.44. The van der Waals surface area contributed by atoms with Crippen LogP contribution in [0, 0.1) is 23.2 Å². The molecule has 1 saturated carbocycles. The number of ketones is 1. The fourth-order valence-electron chi connectivity index (χ4n) is 3.45. The molecule has 0 saturated heterocycles. The molecule has 3 unspecified atom stereocenters. The van der Waals surface area contributed by atoms with Crippen LogP contribution >= 0.6 is 0 Å². The van der Waals surface area contributed by atoms with E-state index in [-0.39, 0.29) is 5.41 Å². The summed E-state index contributed by atoms with van der Waals surface area (Å²) < 4.78 is 0. The fraction of sp³-hybridized carbons (Fsp3) is 0.786. The van der Waals surface area contributed by atoms with E-state index in [2.05, 4.69) is 33.8 Å². The zero-order chi connectivity index (χ0) is 11.2. The molecule has 3 atom stereocenters. The van der Waals surface area contributed by atoms with E-state index in [9.17, 15) is 4.79 Å². The van der Waals surface area contributed by atoms with E-state index >= 15 is 0 Å². The Morgan fingerprint density at radius 2 is 2.07 bits per heavy atom. The van der Waals surface area contributed by atoms with Crippen LogP contribution < -0.4 is 0 Å². The second kappa shape index (κ2) is 3.47. The summed E-state index contributed by atoms with van der Waals surface area (Å²) in [5.41, 5.74) is 1.41. The van der Waals surface area contributed by atoms with Crippen molar-refractivity contribution in [2.45, 2.75) is 47.0 Å². The Morgan fingerprint density at radius 1 is 1.40 bits per heavy atom.